The number of hydrogen-bond acceptors (Lipinski definition) is 4. The molecule has 7 heteroatoms. The Morgan fingerprint density at radius 1 is 1.09 bits per heavy atom. The summed E-state index contributed by atoms with van der Waals surface area (Å²) in [5, 5.41) is 6.92. The summed E-state index contributed by atoms with van der Waals surface area (Å²) in [6.45, 7) is 6.50. The Balaban J connectivity index is 1.51. The summed E-state index contributed by atoms with van der Waals surface area (Å²) < 4.78 is 7.47. The van der Waals surface area contributed by atoms with Crippen molar-refractivity contribution >= 4 is 5.96 Å². The molecule has 3 rings (SSSR count). The Morgan fingerprint density at radius 3 is 2.59 bits per heavy atom. The summed E-state index contributed by atoms with van der Waals surface area (Å²) >= 11 is 0. The van der Waals surface area contributed by atoms with E-state index in [4.69, 9.17) is 4.74 Å². The van der Waals surface area contributed by atoms with Gasteiger partial charge in [-0.25, -0.2) is 0 Å². The van der Waals surface area contributed by atoms with Gasteiger partial charge in [-0.3, -0.25) is 14.7 Å². The molecule has 32 heavy (non-hydrogen) atoms. The number of nitrogens with zero attached hydrogens (tertiary/aromatic N) is 3. The number of ether oxygens (including phenoxy) is 1. The third-order valence-electron chi connectivity index (χ3n) is 6.13. The Kier molecular flexibility index (Phi) is 9.16. The number of para-hydroxylation sites is 1. The van der Waals surface area contributed by atoms with Crippen molar-refractivity contribution in [1.82, 2.24) is 20.1 Å². The molecule has 2 heterocycles. The van der Waals surface area contributed by atoms with E-state index >= 15 is 0 Å². The van der Waals surface area contributed by atoms with E-state index in [0.29, 0.717) is 0 Å². The SMILES string of the molecule is CN=C(NCCCCn1c(C)cccc1=O)NCC(c1ccccc1OC)N1CCCC1. The lowest BCUT2D eigenvalue weighted by molar-refractivity contribution is 0.239. The molecule has 0 saturated carbocycles. The van der Waals surface area contributed by atoms with Gasteiger partial charge in [0.1, 0.15) is 5.75 Å². The number of unbranched alkanes of at least 4 members (excludes halogenated alkanes) is 1. The van der Waals surface area contributed by atoms with Gasteiger partial charge in [0.05, 0.1) is 13.2 Å². The molecule has 0 spiro atoms. The molecule has 1 fully saturated rings. The van der Waals surface area contributed by atoms with Crippen molar-refractivity contribution in [1.29, 1.82) is 0 Å². The quantitative estimate of drug-likeness (QED) is 0.338. The maximum Gasteiger partial charge on any atom is 0.250 e. The van der Waals surface area contributed by atoms with Crippen LogP contribution in [0, 0.1) is 6.92 Å². The Bertz CT molecular complexity index is 934. The summed E-state index contributed by atoms with van der Waals surface area (Å²) in [5.74, 6) is 1.73. The Labute approximate surface area is 191 Å². The fourth-order valence-corrected chi connectivity index (χ4v) is 4.36. The van der Waals surface area contributed by atoms with Crippen LogP contribution in [0.3, 0.4) is 0 Å². The van der Waals surface area contributed by atoms with Crippen LogP contribution in [0.1, 0.15) is 43.0 Å². The molecule has 2 N–H and O–H groups in total. The van der Waals surface area contributed by atoms with Crippen molar-refractivity contribution in [3.63, 3.8) is 0 Å². The number of methoxy groups -OCH3 is 1. The lowest BCUT2D eigenvalue weighted by atomic mass is 10.0. The second-order valence-electron chi connectivity index (χ2n) is 8.24. The lowest BCUT2D eigenvalue weighted by Crippen LogP contribution is -2.43. The number of guanidine groups is 1. The van der Waals surface area contributed by atoms with Gasteiger partial charge in [-0.2, -0.15) is 0 Å². The zero-order valence-corrected chi connectivity index (χ0v) is 19.6. The van der Waals surface area contributed by atoms with Crippen LogP contribution in [-0.2, 0) is 6.54 Å². The molecular formula is C25H37N5O2. The maximum absolute atomic E-state index is 12.0. The number of aromatic nitrogens is 1. The number of nitrogens with one attached hydrogen (secondary N) is 2. The maximum atomic E-state index is 12.0. The van der Waals surface area contributed by atoms with Crippen LogP contribution in [0.2, 0.25) is 0 Å². The summed E-state index contributed by atoms with van der Waals surface area (Å²) in [4.78, 5) is 18.9. The normalized spacial score (nSPS) is 15.5. The highest BCUT2D eigenvalue weighted by Gasteiger charge is 2.25. The molecule has 0 bridgehead atoms. The first kappa shape index (κ1) is 23.9. The zero-order chi connectivity index (χ0) is 22.8. The molecule has 0 radical (unpaired) electrons. The van der Waals surface area contributed by atoms with Gasteiger partial charge in [0.15, 0.2) is 5.96 Å². The van der Waals surface area contributed by atoms with Crippen LogP contribution in [-0.4, -0.2) is 55.8 Å². The fourth-order valence-electron chi connectivity index (χ4n) is 4.36. The zero-order valence-electron chi connectivity index (χ0n) is 19.6. The van der Waals surface area contributed by atoms with E-state index in [0.717, 1.165) is 63.0 Å². The third kappa shape index (κ3) is 6.36. The van der Waals surface area contributed by atoms with Crippen LogP contribution in [0.4, 0.5) is 0 Å². The summed E-state index contributed by atoms with van der Waals surface area (Å²) in [6, 6.07) is 13.9. The van der Waals surface area contributed by atoms with E-state index in [1.54, 1.807) is 20.2 Å². The fraction of sp³-hybridized carbons (Fsp3) is 0.520. The average molecular weight is 440 g/mol. The monoisotopic (exact) mass is 439 g/mol. The number of likely N-dealkylation sites (tertiary alicyclic amines) is 1. The largest absolute Gasteiger partial charge is 0.496 e. The van der Waals surface area contributed by atoms with Crippen molar-refractivity contribution < 1.29 is 4.74 Å². The molecule has 1 unspecified atom stereocenters. The minimum atomic E-state index is 0.0692. The molecular weight excluding hydrogens is 402 g/mol. The van der Waals surface area contributed by atoms with E-state index in [9.17, 15) is 4.79 Å². The molecule has 1 aromatic carbocycles. The van der Waals surface area contributed by atoms with E-state index in [1.165, 1.54) is 18.4 Å². The smallest absolute Gasteiger partial charge is 0.250 e. The number of aliphatic imine (C=N–C) groups is 1. The minimum absolute atomic E-state index is 0.0692. The first-order valence-electron chi connectivity index (χ1n) is 11.6. The van der Waals surface area contributed by atoms with Gasteiger partial charge in [-0.1, -0.05) is 24.3 Å². The summed E-state index contributed by atoms with van der Waals surface area (Å²) in [6.07, 6.45) is 4.38. The highest BCUT2D eigenvalue weighted by molar-refractivity contribution is 5.79. The van der Waals surface area contributed by atoms with Gasteiger partial charge >= 0.3 is 0 Å². The van der Waals surface area contributed by atoms with Crippen molar-refractivity contribution in [3.05, 3.63) is 64.1 Å². The van der Waals surface area contributed by atoms with Crippen LogP contribution in [0.25, 0.3) is 0 Å². The number of pyridine rings is 1. The Morgan fingerprint density at radius 2 is 1.88 bits per heavy atom. The molecule has 1 atom stereocenters. The van der Waals surface area contributed by atoms with Gasteiger partial charge in [0.25, 0.3) is 5.56 Å². The van der Waals surface area contributed by atoms with E-state index in [2.05, 4.69) is 32.7 Å². The Hall–Kier alpha value is -2.80. The number of hydrogen-bond donors (Lipinski definition) is 2. The van der Waals surface area contributed by atoms with Crippen molar-refractivity contribution in [2.45, 2.75) is 45.2 Å². The van der Waals surface area contributed by atoms with Gasteiger partial charge in [-0.05, 0) is 57.8 Å². The summed E-state index contributed by atoms with van der Waals surface area (Å²) in [7, 11) is 3.54. The molecule has 1 aliphatic heterocycles. The second kappa shape index (κ2) is 12.3. The van der Waals surface area contributed by atoms with Crippen LogP contribution in [0.15, 0.2) is 52.3 Å². The molecule has 7 nitrogen and oxygen atoms in total. The van der Waals surface area contributed by atoms with Gasteiger partial charge in [0.2, 0.25) is 0 Å². The predicted molar refractivity (Wildman–Crippen MR) is 131 cm³/mol. The van der Waals surface area contributed by atoms with E-state index in [-0.39, 0.29) is 11.6 Å². The molecule has 0 amide bonds. The van der Waals surface area contributed by atoms with E-state index < -0.39 is 0 Å². The molecule has 174 valence electrons. The predicted octanol–water partition coefficient (Wildman–Crippen LogP) is 2.95. The van der Waals surface area contributed by atoms with Gasteiger partial charge < -0.3 is 19.9 Å². The lowest BCUT2D eigenvalue weighted by Gasteiger charge is -2.30. The summed E-state index contributed by atoms with van der Waals surface area (Å²) in [5.41, 5.74) is 2.29. The van der Waals surface area contributed by atoms with Crippen molar-refractivity contribution in [2.24, 2.45) is 4.99 Å². The van der Waals surface area contributed by atoms with Crippen molar-refractivity contribution in [3.8, 4) is 5.75 Å². The third-order valence-corrected chi connectivity index (χ3v) is 6.13. The highest BCUT2D eigenvalue weighted by Crippen LogP contribution is 2.31. The molecule has 1 aliphatic rings. The van der Waals surface area contributed by atoms with Gasteiger partial charge in [0, 0.05) is 44.0 Å². The van der Waals surface area contributed by atoms with Crippen molar-refractivity contribution in [2.75, 3.05) is 40.3 Å². The number of rotatable bonds is 10. The molecule has 2 aromatic rings. The molecule has 0 aliphatic carbocycles. The van der Waals surface area contributed by atoms with Crippen LogP contribution in [0.5, 0.6) is 5.75 Å². The topological polar surface area (TPSA) is 70.9 Å². The van der Waals surface area contributed by atoms with Gasteiger partial charge in [-0.15, -0.1) is 0 Å². The second-order valence-corrected chi connectivity index (χ2v) is 8.24. The van der Waals surface area contributed by atoms with Crippen LogP contribution < -0.4 is 20.9 Å². The number of aryl methyl sites for hydroxylation is 1. The first-order valence-corrected chi connectivity index (χ1v) is 11.6. The first-order chi connectivity index (χ1) is 15.6. The molecule has 1 saturated heterocycles. The van der Waals surface area contributed by atoms with E-state index in [1.807, 2.05) is 35.8 Å². The van der Waals surface area contributed by atoms with Crippen LogP contribution >= 0.6 is 0 Å². The average Bonchev–Trinajstić information content (AvgIpc) is 3.34. The number of benzene rings is 1. The molecule has 1 aromatic heterocycles. The highest BCUT2D eigenvalue weighted by atomic mass is 16.5. The minimum Gasteiger partial charge on any atom is -0.496 e. The standard InChI is InChI=1S/C25H37N5O2/c1-20-11-10-14-24(31)30(20)18-7-6-15-27-25(26-2)28-19-22(29-16-8-9-17-29)21-12-4-5-13-23(21)32-3/h4-5,10-14,22H,6-9,15-19H2,1-3H3,(H2,26,27,28).